The van der Waals surface area contributed by atoms with Crippen molar-refractivity contribution in [1.29, 1.82) is 0 Å². The lowest BCUT2D eigenvalue weighted by Crippen LogP contribution is -2.38. The lowest BCUT2D eigenvalue weighted by Gasteiger charge is -2.32. The third-order valence-electron chi connectivity index (χ3n) is 2.86. The number of ether oxygens (including phenoxy) is 3. The van der Waals surface area contributed by atoms with Gasteiger partial charge in [-0.05, 0) is 12.8 Å². The Morgan fingerprint density at radius 3 is 2.05 bits per heavy atom. The van der Waals surface area contributed by atoms with E-state index in [9.17, 15) is 9.59 Å². The molecule has 0 aromatic heterocycles. The molecule has 0 fully saturated rings. The van der Waals surface area contributed by atoms with Gasteiger partial charge in [0.1, 0.15) is 19.0 Å². The van der Waals surface area contributed by atoms with E-state index in [1.54, 1.807) is 0 Å². The second kappa shape index (κ2) is 11.0. The molecule has 0 heterocycles. The third-order valence-corrected chi connectivity index (χ3v) is 2.86. The number of carboxylic acid groups (broad SMARTS) is 2. The van der Waals surface area contributed by atoms with Crippen molar-refractivity contribution < 1.29 is 39.1 Å². The molecule has 0 aromatic rings. The van der Waals surface area contributed by atoms with Crippen LogP contribution in [0.15, 0.2) is 12.3 Å². The zero-order chi connectivity index (χ0) is 17.0. The van der Waals surface area contributed by atoms with Crippen LogP contribution in [0.2, 0.25) is 0 Å². The van der Waals surface area contributed by atoms with Gasteiger partial charge in [-0.25, -0.2) is 4.79 Å². The molecule has 0 saturated carbocycles. The fourth-order valence-electron chi connectivity index (χ4n) is 2.00. The molecule has 0 spiro atoms. The zero-order valence-electron chi connectivity index (χ0n) is 12.7. The highest BCUT2D eigenvalue weighted by atomic mass is 16.5. The maximum atomic E-state index is 10.6. The summed E-state index contributed by atoms with van der Waals surface area (Å²) in [5.41, 5.74) is -0.685. The smallest absolute Gasteiger partial charge is 0.329 e. The first kappa shape index (κ1) is 20.4. The van der Waals surface area contributed by atoms with E-state index in [-0.39, 0.29) is 38.6 Å². The van der Waals surface area contributed by atoms with Gasteiger partial charge in [-0.1, -0.05) is 6.58 Å². The van der Waals surface area contributed by atoms with Crippen molar-refractivity contribution in [2.45, 2.75) is 19.3 Å². The maximum Gasteiger partial charge on any atom is 0.329 e. The second-order valence-corrected chi connectivity index (χ2v) is 5.13. The van der Waals surface area contributed by atoms with Gasteiger partial charge in [-0.2, -0.15) is 0 Å². The van der Waals surface area contributed by atoms with Crippen molar-refractivity contribution in [3.63, 3.8) is 0 Å². The third kappa shape index (κ3) is 10.1. The van der Waals surface area contributed by atoms with Gasteiger partial charge in [0.15, 0.2) is 0 Å². The van der Waals surface area contributed by atoms with Gasteiger partial charge in [-0.15, -0.1) is 0 Å². The molecule has 128 valence electrons. The zero-order valence-corrected chi connectivity index (χ0v) is 12.7. The summed E-state index contributed by atoms with van der Waals surface area (Å²) in [6.07, 6.45) is 0.778. The largest absolute Gasteiger partial charge is 0.510 e. The molecule has 3 N–H and O–H groups in total. The minimum Gasteiger partial charge on any atom is -0.510 e. The summed E-state index contributed by atoms with van der Waals surface area (Å²) < 4.78 is 15.6. The van der Waals surface area contributed by atoms with Gasteiger partial charge in [-0.3, -0.25) is 4.79 Å². The van der Waals surface area contributed by atoms with Gasteiger partial charge in [0.05, 0.1) is 19.8 Å². The molecule has 0 bridgehead atoms. The first-order valence-corrected chi connectivity index (χ1v) is 6.76. The van der Waals surface area contributed by atoms with Gasteiger partial charge in [0, 0.05) is 18.9 Å². The summed E-state index contributed by atoms with van der Waals surface area (Å²) in [5.74, 6) is -2.15. The molecule has 0 saturated heterocycles. The highest BCUT2D eigenvalue weighted by molar-refractivity contribution is 5.68. The van der Waals surface area contributed by atoms with Crippen LogP contribution in [0.1, 0.15) is 19.3 Å². The van der Waals surface area contributed by atoms with Crippen LogP contribution in [0.5, 0.6) is 0 Å². The molecule has 0 aliphatic rings. The Morgan fingerprint density at radius 2 is 1.59 bits per heavy atom. The lowest BCUT2D eigenvalue weighted by atomic mass is 9.85. The van der Waals surface area contributed by atoms with Crippen molar-refractivity contribution in [2.75, 3.05) is 40.1 Å². The maximum absolute atomic E-state index is 10.6. The topological polar surface area (TPSA) is 123 Å². The van der Waals surface area contributed by atoms with Crippen molar-refractivity contribution in [1.82, 2.24) is 0 Å². The summed E-state index contributed by atoms with van der Waals surface area (Å²) in [5, 5.41) is 26.4. The highest BCUT2D eigenvalue weighted by Gasteiger charge is 2.31. The number of hydrogen-bond donors (Lipinski definition) is 3. The average molecular weight is 320 g/mol. The molecule has 0 rings (SSSR count). The fourth-order valence-corrected chi connectivity index (χ4v) is 2.00. The lowest BCUT2D eigenvalue weighted by molar-refractivity contribution is -0.145. The molecular weight excluding hydrogens is 296 g/mol. The molecule has 22 heavy (non-hydrogen) atoms. The van der Waals surface area contributed by atoms with Gasteiger partial charge in [0.2, 0.25) is 0 Å². The minimum absolute atomic E-state index is 0.0168. The standard InChI is InChI=1S/C14H24O8/c1-11(15)6-21-9-14(8-20-2,5-3-4-12(16)17)10-22-7-13(18)19/h15H,1,3-10H2,2H3,(H,16,17)(H,18,19). The minimum atomic E-state index is -1.10. The summed E-state index contributed by atoms with van der Waals surface area (Å²) >= 11 is 0. The number of carboxylic acids is 2. The molecule has 0 amide bonds. The Hall–Kier alpha value is -1.64. The second-order valence-electron chi connectivity index (χ2n) is 5.13. The predicted octanol–water partition coefficient (Wildman–Crippen LogP) is 1.06. The number of aliphatic hydroxyl groups is 1. The van der Waals surface area contributed by atoms with Crippen LogP contribution in [0.25, 0.3) is 0 Å². The summed E-state index contributed by atoms with van der Waals surface area (Å²) in [7, 11) is 1.48. The van der Waals surface area contributed by atoms with E-state index in [1.165, 1.54) is 7.11 Å². The number of aliphatic carboxylic acids is 2. The van der Waals surface area contributed by atoms with Crippen LogP contribution in [0, 0.1) is 5.41 Å². The predicted molar refractivity (Wildman–Crippen MR) is 76.8 cm³/mol. The molecule has 0 aromatic carbocycles. The van der Waals surface area contributed by atoms with Gasteiger partial charge < -0.3 is 29.5 Å². The van der Waals surface area contributed by atoms with Gasteiger partial charge in [0.25, 0.3) is 0 Å². The first-order chi connectivity index (χ1) is 10.3. The van der Waals surface area contributed by atoms with Crippen LogP contribution in [-0.4, -0.2) is 67.4 Å². The molecule has 0 radical (unpaired) electrons. The summed E-state index contributed by atoms with van der Waals surface area (Å²) in [6, 6.07) is 0. The van der Waals surface area contributed by atoms with Crippen molar-refractivity contribution >= 4 is 11.9 Å². The molecular formula is C14H24O8. The van der Waals surface area contributed by atoms with Crippen LogP contribution in [-0.2, 0) is 23.8 Å². The Kier molecular flexibility index (Phi) is 10.2. The van der Waals surface area contributed by atoms with Crippen molar-refractivity contribution in [3.05, 3.63) is 12.3 Å². The number of hydrogen-bond acceptors (Lipinski definition) is 6. The molecule has 8 nitrogen and oxygen atoms in total. The van der Waals surface area contributed by atoms with Gasteiger partial charge >= 0.3 is 11.9 Å². The highest BCUT2D eigenvalue weighted by Crippen LogP contribution is 2.27. The molecule has 1 atom stereocenters. The van der Waals surface area contributed by atoms with E-state index in [0.717, 1.165) is 0 Å². The SMILES string of the molecule is C=C(O)COCC(CCCC(=O)O)(COC)COCC(=O)O. The number of methoxy groups -OCH3 is 1. The summed E-state index contributed by atoms with van der Waals surface area (Å²) in [6.45, 7) is 3.16. The Bertz CT molecular complexity index is 316. The molecule has 1 unspecified atom stereocenters. The number of rotatable bonds is 14. The Labute approximate surface area is 129 Å². The van der Waals surface area contributed by atoms with E-state index in [2.05, 4.69) is 6.58 Å². The molecule has 8 heteroatoms. The number of aliphatic hydroxyl groups excluding tert-OH is 1. The number of carbonyl (C=O) groups is 2. The van der Waals surface area contributed by atoms with Crippen LogP contribution < -0.4 is 0 Å². The van der Waals surface area contributed by atoms with Crippen LogP contribution >= 0.6 is 0 Å². The monoisotopic (exact) mass is 320 g/mol. The quantitative estimate of drug-likeness (QED) is 0.406. The van der Waals surface area contributed by atoms with E-state index in [4.69, 9.17) is 29.5 Å². The first-order valence-electron chi connectivity index (χ1n) is 6.76. The Morgan fingerprint density at radius 1 is 1.00 bits per heavy atom. The molecule has 0 aliphatic carbocycles. The summed E-state index contributed by atoms with van der Waals surface area (Å²) in [4.78, 5) is 21.2. The van der Waals surface area contributed by atoms with E-state index in [1.807, 2.05) is 0 Å². The van der Waals surface area contributed by atoms with Crippen molar-refractivity contribution in [2.24, 2.45) is 5.41 Å². The van der Waals surface area contributed by atoms with Crippen molar-refractivity contribution in [3.8, 4) is 0 Å². The van der Waals surface area contributed by atoms with E-state index < -0.39 is 24.0 Å². The van der Waals surface area contributed by atoms with E-state index in [0.29, 0.717) is 12.8 Å². The van der Waals surface area contributed by atoms with E-state index >= 15 is 0 Å². The Balaban J connectivity index is 4.69. The van der Waals surface area contributed by atoms with Crippen LogP contribution in [0.4, 0.5) is 0 Å². The van der Waals surface area contributed by atoms with Crippen LogP contribution in [0.3, 0.4) is 0 Å². The average Bonchev–Trinajstić information content (AvgIpc) is 2.37. The fraction of sp³-hybridized carbons (Fsp3) is 0.714. The normalized spacial score (nSPS) is 13.5. The molecule has 0 aliphatic heterocycles.